The first-order chi connectivity index (χ1) is 21.7. The van der Waals surface area contributed by atoms with E-state index in [4.69, 9.17) is 69.1 Å². The number of aromatic amines is 1. The Labute approximate surface area is 266 Å². The average Bonchev–Trinajstić information content (AvgIpc) is 3.73. The molecule has 2 bridgehead atoms. The number of imidazole rings is 2. The number of rotatable bonds is 2. The van der Waals surface area contributed by atoms with E-state index in [9.17, 15) is 19.7 Å². The van der Waals surface area contributed by atoms with Gasteiger partial charge in [0.2, 0.25) is 5.95 Å². The number of aliphatic hydroxyl groups is 1. The number of ether oxygens (including phenoxy) is 2. The molecular formula is C22H22FN9O10P2S2. The standard InChI is InChI=1S/C22H22FN9O10P2S2/c1-2-22-15(13(33)19(39-22)31-6-27-11-8(24)3-4-26-16(11)31)41-43(35,45)37-5-9-10(23)14(40-44(36,46)42-22)20(38-9)32-7-28-12-17(32)29-21(25)30-18(12)34/h1,3-4,6-7,9-10,13-15,19-20,33H,5H2,(H2,24,26)(H,35,45)(H,36,46)(H3,25,29,30,34)/t9-,10+,13-,14-,15+,19-,20-,22-,43?,44?/m1/s1. The summed E-state index contributed by atoms with van der Waals surface area (Å²) >= 11 is 10.4. The number of pyridine rings is 1. The number of nitrogens with two attached hydrogens (primary N) is 2. The molecule has 3 fully saturated rings. The van der Waals surface area contributed by atoms with Crippen molar-refractivity contribution in [2.75, 3.05) is 18.1 Å². The van der Waals surface area contributed by atoms with Crippen LogP contribution in [-0.2, 0) is 51.2 Å². The number of hydrogen-bond acceptors (Lipinski definition) is 16. The summed E-state index contributed by atoms with van der Waals surface area (Å²) < 4.78 is 52.5. The number of hydrogen-bond donors (Lipinski definition) is 6. The van der Waals surface area contributed by atoms with Gasteiger partial charge in [0.1, 0.15) is 23.8 Å². The monoisotopic (exact) mass is 717 g/mol. The highest BCUT2D eigenvalue weighted by Crippen LogP contribution is 2.60. The quantitative estimate of drug-likeness (QED) is 0.112. The maximum Gasteiger partial charge on any atom is 0.328 e. The number of nitrogen functional groups attached to an aromatic ring is 2. The second-order valence-corrected chi connectivity index (χ2v) is 15.7. The summed E-state index contributed by atoms with van der Waals surface area (Å²) in [5.74, 6) is -0.742. The summed E-state index contributed by atoms with van der Waals surface area (Å²) in [5, 5.41) is 11.4. The summed E-state index contributed by atoms with van der Waals surface area (Å²) in [6.07, 6.45) is -2.52. The number of terminal acetylenes is 1. The highest BCUT2D eigenvalue weighted by Gasteiger charge is 2.62. The average molecular weight is 718 g/mol. The molecule has 24 heteroatoms. The smallest absolute Gasteiger partial charge is 0.328 e. The maximum absolute atomic E-state index is 16.0. The van der Waals surface area contributed by atoms with Crippen molar-refractivity contribution in [2.45, 2.75) is 48.8 Å². The van der Waals surface area contributed by atoms with Gasteiger partial charge in [-0.05, 0) is 35.6 Å². The Hall–Kier alpha value is -3.00. The molecule has 8 N–H and O–H groups in total. The molecule has 10 atom stereocenters. The normalized spacial score (nSPS) is 38.3. The number of halogens is 1. The Balaban J connectivity index is 1.30. The molecule has 46 heavy (non-hydrogen) atoms. The van der Waals surface area contributed by atoms with Gasteiger partial charge in [-0.3, -0.25) is 32.5 Å². The number of alkyl halides is 1. The van der Waals surface area contributed by atoms with Crippen molar-refractivity contribution < 1.29 is 46.9 Å². The van der Waals surface area contributed by atoms with Crippen molar-refractivity contribution in [3.05, 3.63) is 35.3 Å². The number of aliphatic hydroxyl groups excluding tert-OH is 1. The Morgan fingerprint density at radius 3 is 2.57 bits per heavy atom. The van der Waals surface area contributed by atoms with Crippen LogP contribution in [0.2, 0.25) is 0 Å². The van der Waals surface area contributed by atoms with Gasteiger partial charge < -0.3 is 40.4 Å². The Kier molecular flexibility index (Phi) is 7.58. The van der Waals surface area contributed by atoms with Crippen LogP contribution >= 0.6 is 13.4 Å². The van der Waals surface area contributed by atoms with E-state index in [1.165, 1.54) is 23.2 Å². The van der Waals surface area contributed by atoms with E-state index in [1.54, 1.807) is 0 Å². The van der Waals surface area contributed by atoms with E-state index in [2.05, 4.69) is 30.8 Å². The Morgan fingerprint density at radius 2 is 1.83 bits per heavy atom. The maximum atomic E-state index is 16.0. The highest BCUT2D eigenvalue weighted by atomic mass is 32.5. The molecule has 3 aliphatic rings. The van der Waals surface area contributed by atoms with Crippen molar-refractivity contribution in [1.82, 2.24) is 34.1 Å². The van der Waals surface area contributed by atoms with Crippen LogP contribution in [0.4, 0.5) is 16.0 Å². The van der Waals surface area contributed by atoms with Crippen LogP contribution < -0.4 is 17.0 Å². The van der Waals surface area contributed by atoms with Gasteiger partial charge in [-0.2, -0.15) is 4.98 Å². The minimum Gasteiger partial charge on any atom is -0.397 e. The molecule has 4 aromatic rings. The summed E-state index contributed by atoms with van der Waals surface area (Å²) in [7, 11) is 0. The fourth-order valence-electron chi connectivity index (χ4n) is 5.38. The molecule has 7 heterocycles. The zero-order valence-corrected chi connectivity index (χ0v) is 26.2. The molecule has 0 saturated carbocycles. The van der Waals surface area contributed by atoms with Crippen LogP contribution in [-0.4, -0.2) is 91.9 Å². The predicted octanol–water partition coefficient (Wildman–Crippen LogP) is -0.566. The summed E-state index contributed by atoms with van der Waals surface area (Å²) in [6, 6.07) is 1.50. The van der Waals surface area contributed by atoms with Gasteiger partial charge in [-0.15, -0.1) is 6.42 Å². The lowest BCUT2D eigenvalue weighted by Gasteiger charge is -2.35. The largest absolute Gasteiger partial charge is 0.397 e. The van der Waals surface area contributed by atoms with E-state index < -0.39 is 74.4 Å². The SMILES string of the molecule is C#C[C@]12O[C@@H](n3cnc4c(N)ccnc43)[C@H](O)[C@@H]1OP(O)(=S)OC[C@H]1O[C@@H](n3cnc4c(=O)[nH]c(N)nc43)[C@H](OP(O)(=S)O2)[C@H]1F. The fourth-order valence-corrected chi connectivity index (χ4v) is 8.53. The molecule has 244 valence electrons. The van der Waals surface area contributed by atoms with Gasteiger partial charge in [0.05, 0.1) is 24.9 Å². The van der Waals surface area contributed by atoms with Gasteiger partial charge in [0.25, 0.3) is 11.3 Å². The van der Waals surface area contributed by atoms with Gasteiger partial charge >= 0.3 is 13.4 Å². The lowest BCUT2D eigenvalue weighted by molar-refractivity contribution is -0.183. The molecule has 0 spiro atoms. The second-order valence-electron chi connectivity index (χ2n) is 10.2. The van der Waals surface area contributed by atoms with E-state index in [1.807, 2.05) is 0 Å². The highest BCUT2D eigenvalue weighted by molar-refractivity contribution is 8.07. The Bertz CT molecular complexity index is 2080. The predicted molar refractivity (Wildman–Crippen MR) is 161 cm³/mol. The van der Waals surface area contributed by atoms with Crippen LogP contribution in [0.25, 0.3) is 22.3 Å². The first-order valence-electron chi connectivity index (χ1n) is 13.0. The van der Waals surface area contributed by atoms with Crippen molar-refractivity contribution >= 4 is 71.0 Å². The van der Waals surface area contributed by atoms with Gasteiger partial charge in [0, 0.05) is 6.20 Å². The number of aromatic nitrogens is 7. The zero-order valence-electron chi connectivity index (χ0n) is 22.8. The van der Waals surface area contributed by atoms with Crippen molar-refractivity contribution in [1.29, 1.82) is 0 Å². The van der Waals surface area contributed by atoms with Crippen LogP contribution in [0, 0.1) is 12.3 Å². The number of nitrogens with zero attached hydrogens (tertiary/aromatic N) is 6. The molecule has 3 aliphatic heterocycles. The number of nitrogens with one attached hydrogen (secondary N) is 1. The van der Waals surface area contributed by atoms with Crippen LogP contribution in [0.5, 0.6) is 0 Å². The third kappa shape index (κ3) is 5.14. The van der Waals surface area contributed by atoms with Crippen molar-refractivity contribution in [3.63, 3.8) is 0 Å². The molecule has 3 saturated heterocycles. The van der Waals surface area contributed by atoms with Gasteiger partial charge in [-0.1, -0.05) is 0 Å². The molecule has 7 rings (SSSR count). The van der Waals surface area contributed by atoms with Gasteiger partial charge in [0.15, 0.2) is 41.5 Å². The third-order valence-corrected chi connectivity index (χ3v) is 10.4. The van der Waals surface area contributed by atoms with Crippen molar-refractivity contribution in [2.24, 2.45) is 0 Å². The van der Waals surface area contributed by atoms with E-state index in [0.717, 1.165) is 10.9 Å². The topological polar surface area (TPSA) is 262 Å². The van der Waals surface area contributed by atoms with E-state index >= 15 is 4.39 Å². The zero-order chi connectivity index (χ0) is 32.8. The molecular weight excluding hydrogens is 695 g/mol. The Morgan fingerprint density at radius 1 is 1.11 bits per heavy atom. The first-order valence-corrected chi connectivity index (χ1v) is 18.2. The summed E-state index contributed by atoms with van der Waals surface area (Å²) in [4.78, 5) is 53.5. The van der Waals surface area contributed by atoms with Crippen LogP contribution in [0.1, 0.15) is 12.5 Å². The van der Waals surface area contributed by atoms with Crippen molar-refractivity contribution in [3.8, 4) is 12.3 Å². The molecule has 0 aromatic carbocycles. The minimum absolute atomic E-state index is 0.118. The molecule has 2 unspecified atom stereocenters. The van der Waals surface area contributed by atoms with E-state index in [0.29, 0.717) is 0 Å². The fraction of sp³-hybridized carbons (Fsp3) is 0.409. The van der Waals surface area contributed by atoms with Gasteiger partial charge in [-0.25, -0.2) is 19.3 Å². The molecule has 0 amide bonds. The minimum atomic E-state index is -4.72. The number of anilines is 2. The van der Waals surface area contributed by atoms with Crippen LogP contribution in [0.3, 0.4) is 0 Å². The lowest BCUT2D eigenvalue weighted by atomic mass is 10.1. The summed E-state index contributed by atoms with van der Waals surface area (Å²) in [5.41, 5.74) is 11.4. The lowest BCUT2D eigenvalue weighted by Crippen LogP contribution is -2.46. The molecule has 0 aliphatic carbocycles. The molecule has 0 radical (unpaired) electrons. The third-order valence-electron chi connectivity index (χ3n) is 7.38. The first kappa shape index (κ1) is 31.6. The van der Waals surface area contributed by atoms with E-state index in [-0.39, 0.29) is 34.0 Å². The number of fused-ring (bicyclic) bond motifs is 5. The summed E-state index contributed by atoms with van der Waals surface area (Å²) in [6.45, 7) is -9.85. The molecule has 19 nitrogen and oxygen atoms in total. The number of H-pyrrole nitrogens is 1. The van der Waals surface area contributed by atoms with Crippen LogP contribution in [0.15, 0.2) is 29.7 Å². The molecule has 4 aromatic heterocycles. The second kappa shape index (κ2) is 11.0.